The Morgan fingerprint density at radius 2 is 1.96 bits per heavy atom. The minimum atomic E-state index is -0.454. The van der Waals surface area contributed by atoms with Gasteiger partial charge in [0.1, 0.15) is 5.56 Å². The van der Waals surface area contributed by atoms with Crippen molar-refractivity contribution in [3.63, 3.8) is 0 Å². The van der Waals surface area contributed by atoms with Gasteiger partial charge in [-0.2, -0.15) is 5.10 Å². The highest BCUT2D eigenvalue weighted by molar-refractivity contribution is 6.04. The fourth-order valence-corrected chi connectivity index (χ4v) is 2.16. The monoisotopic (exact) mass is 314 g/mol. The van der Waals surface area contributed by atoms with Gasteiger partial charge in [-0.05, 0) is 49.9 Å². The van der Waals surface area contributed by atoms with Gasteiger partial charge in [0, 0.05) is 12.7 Å². The molecule has 2 aromatic heterocycles. The lowest BCUT2D eigenvalue weighted by atomic mass is 10.1. The van der Waals surface area contributed by atoms with Gasteiger partial charge in [0.2, 0.25) is 0 Å². The Morgan fingerprint density at radius 3 is 2.57 bits per heavy atom. The number of carbonyl (C=O) groups is 1. The molecule has 0 spiro atoms. The molecule has 1 N–H and O–H groups in total. The van der Waals surface area contributed by atoms with E-state index < -0.39 is 5.91 Å². The molecular formula is C17H22N4O2. The summed E-state index contributed by atoms with van der Waals surface area (Å²) in [5.74, 6) is 0.366. The van der Waals surface area contributed by atoms with Crippen LogP contribution in [0.15, 0.2) is 29.2 Å². The highest BCUT2D eigenvalue weighted by atomic mass is 16.2. The second-order valence-electron chi connectivity index (χ2n) is 6.07. The lowest BCUT2D eigenvalue weighted by Gasteiger charge is -2.12. The average Bonchev–Trinajstić information content (AvgIpc) is 2.48. The molecule has 122 valence electrons. The van der Waals surface area contributed by atoms with E-state index in [0.717, 1.165) is 12.1 Å². The number of aryl methyl sites for hydroxylation is 3. The van der Waals surface area contributed by atoms with Gasteiger partial charge in [-0.3, -0.25) is 9.59 Å². The van der Waals surface area contributed by atoms with E-state index in [1.54, 1.807) is 35.9 Å². The molecule has 0 bridgehead atoms. The van der Waals surface area contributed by atoms with Crippen LogP contribution in [0.25, 0.3) is 0 Å². The summed E-state index contributed by atoms with van der Waals surface area (Å²) >= 11 is 0. The molecule has 1 amide bonds. The molecule has 0 aliphatic heterocycles. The lowest BCUT2D eigenvalue weighted by molar-refractivity contribution is 0.102. The molecule has 0 unspecified atom stereocenters. The highest BCUT2D eigenvalue weighted by Crippen LogP contribution is 2.08. The number of pyridine rings is 1. The van der Waals surface area contributed by atoms with Crippen LogP contribution < -0.4 is 10.9 Å². The third-order valence-electron chi connectivity index (χ3n) is 3.59. The van der Waals surface area contributed by atoms with Crippen molar-refractivity contribution in [3.05, 3.63) is 51.6 Å². The topological polar surface area (TPSA) is 76.9 Å². The van der Waals surface area contributed by atoms with Crippen LogP contribution in [-0.4, -0.2) is 20.7 Å². The van der Waals surface area contributed by atoms with Gasteiger partial charge >= 0.3 is 0 Å². The zero-order valence-electron chi connectivity index (χ0n) is 14.0. The number of nitrogens with zero attached hydrogens (tertiary/aromatic N) is 3. The molecule has 0 radical (unpaired) electrons. The number of carbonyl (C=O) groups excluding carboxylic acids is 1. The normalized spacial score (nSPS) is 10.8. The van der Waals surface area contributed by atoms with Gasteiger partial charge in [0.15, 0.2) is 5.82 Å². The zero-order valence-corrected chi connectivity index (χ0v) is 14.0. The number of nitrogens with one attached hydrogen (secondary N) is 1. The molecule has 0 saturated heterocycles. The van der Waals surface area contributed by atoms with Crippen LogP contribution in [0.3, 0.4) is 0 Å². The van der Waals surface area contributed by atoms with E-state index >= 15 is 0 Å². The van der Waals surface area contributed by atoms with Crippen molar-refractivity contribution in [3.8, 4) is 0 Å². The predicted octanol–water partition coefficient (Wildman–Crippen LogP) is 2.55. The highest BCUT2D eigenvalue weighted by Gasteiger charge is 2.16. The average molecular weight is 314 g/mol. The van der Waals surface area contributed by atoms with Gasteiger partial charge in [0.05, 0.1) is 5.69 Å². The second kappa shape index (κ2) is 7.17. The summed E-state index contributed by atoms with van der Waals surface area (Å²) in [6, 6.07) is 5.20. The summed E-state index contributed by atoms with van der Waals surface area (Å²) in [4.78, 5) is 25.0. The molecule has 0 aliphatic rings. The number of aromatic nitrogens is 3. The summed E-state index contributed by atoms with van der Waals surface area (Å²) in [6.45, 7) is 8.37. The SMILES string of the molecule is Cc1ccc(NC(=O)c2c(C)ccn(CCC(C)C)c2=O)nn1. The first-order valence-electron chi connectivity index (χ1n) is 7.70. The Morgan fingerprint density at radius 1 is 1.22 bits per heavy atom. The largest absolute Gasteiger partial charge is 0.315 e. The fourth-order valence-electron chi connectivity index (χ4n) is 2.16. The fraction of sp³-hybridized carbons (Fsp3) is 0.412. The van der Waals surface area contributed by atoms with Gasteiger partial charge in [-0.25, -0.2) is 0 Å². The third kappa shape index (κ3) is 4.25. The maximum Gasteiger partial charge on any atom is 0.263 e. The molecule has 0 aliphatic carbocycles. The molecule has 0 saturated carbocycles. The number of anilines is 1. The first-order chi connectivity index (χ1) is 10.9. The Labute approximate surface area is 135 Å². The van der Waals surface area contributed by atoms with Gasteiger partial charge in [-0.1, -0.05) is 13.8 Å². The first kappa shape index (κ1) is 16.9. The molecule has 23 heavy (non-hydrogen) atoms. The summed E-state index contributed by atoms with van der Waals surface area (Å²) in [7, 11) is 0. The molecule has 6 heteroatoms. The van der Waals surface area contributed by atoms with Crippen LogP contribution >= 0.6 is 0 Å². The molecular weight excluding hydrogens is 292 g/mol. The van der Waals surface area contributed by atoms with E-state index in [4.69, 9.17) is 0 Å². The first-order valence-corrected chi connectivity index (χ1v) is 7.70. The van der Waals surface area contributed by atoms with Crippen molar-refractivity contribution in [1.29, 1.82) is 0 Å². The standard InChI is InChI=1S/C17H22N4O2/c1-11(2)7-9-21-10-8-12(3)15(17(21)23)16(22)18-14-6-5-13(4)19-20-14/h5-6,8,10-11H,7,9H2,1-4H3,(H,18,20,22). The van der Waals surface area contributed by atoms with E-state index in [9.17, 15) is 9.59 Å². The second-order valence-corrected chi connectivity index (χ2v) is 6.07. The van der Waals surface area contributed by atoms with Crippen molar-refractivity contribution < 1.29 is 4.79 Å². The van der Waals surface area contributed by atoms with Crippen LogP contribution in [0.2, 0.25) is 0 Å². The van der Waals surface area contributed by atoms with Crippen LogP contribution in [0.1, 0.15) is 41.9 Å². The minimum absolute atomic E-state index is 0.152. The molecule has 2 heterocycles. The van der Waals surface area contributed by atoms with Gasteiger partial charge in [0.25, 0.3) is 11.5 Å². The minimum Gasteiger partial charge on any atom is -0.315 e. The number of rotatable bonds is 5. The van der Waals surface area contributed by atoms with E-state index in [-0.39, 0.29) is 11.1 Å². The zero-order chi connectivity index (χ0) is 17.0. The van der Waals surface area contributed by atoms with E-state index in [1.807, 2.05) is 6.92 Å². The van der Waals surface area contributed by atoms with Gasteiger partial charge < -0.3 is 9.88 Å². The third-order valence-corrected chi connectivity index (χ3v) is 3.59. The van der Waals surface area contributed by atoms with Crippen LogP contribution in [0.5, 0.6) is 0 Å². The number of hydrogen-bond donors (Lipinski definition) is 1. The Hall–Kier alpha value is -2.50. The lowest BCUT2D eigenvalue weighted by Crippen LogP contribution is -2.30. The maximum absolute atomic E-state index is 12.6. The predicted molar refractivity (Wildman–Crippen MR) is 89.6 cm³/mol. The van der Waals surface area contributed by atoms with Crippen molar-refractivity contribution in [2.45, 2.75) is 40.7 Å². The molecule has 2 rings (SSSR count). The maximum atomic E-state index is 12.6. The van der Waals surface area contributed by atoms with E-state index in [2.05, 4.69) is 29.4 Å². The molecule has 0 aromatic carbocycles. The van der Waals surface area contributed by atoms with Crippen molar-refractivity contribution in [2.24, 2.45) is 5.92 Å². The summed E-state index contributed by atoms with van der Waals surface area (Å²) in [5.41, 5.74) is 1.28. The molecule has 6 nitrogen and oxygen atoms in total. The Bertz CT molecular complexity index is 748. The number of amides is 1. The van der Waals surface area contributed by atoms with E-state index in [1.165, 1.54) is 0 Å². The smallest absolute Gasteiger partial charge is 0.263 e. The van der Waals surface area contributed by atoms with Crippen LogP contribution in [0, 0.1) is 19.8 Å². The molecule has 2 aromatic rings. The van der Waals surface area contributed by atoms with Crippen LogP contribution in [-0.2, 0) is 6.54 Å². The quantitative estimate of drug-likeness (QED) is 0.920. The van der Waals surface area contributed by atoms with Crippen LogP contribution in [0.4, 0.5) is 5.82 Å². The van der Waals surface area contributed by atoms with Crippen molar-refractivity contribution in [1.82, 2.24) is 14.8 Å². The van der Waals surface area contributed by atoms with Crippen molar-refractivity contribution >= 4 is 11.7 Å². The summed E-state index contributed by atoms with van der Waals surface area (Å²) in [5, 5.41) is 10.4. The molecule has 0 atom stereocenters. The molecule has 0 fully saturated rings. The summed E-state index contributed by atoms with van der Waals surface area (Å²) < 4.78 is 1.59. The number of hydrogen-bond acceptors (Lipinski definition) is 4. The Balaban J connectivity index is 2.26. The van der Waals surface area contributed by atoms with Crippen molar-refractivity contribution in [2.75, 3.05) is 5.32 Å². The van der Waals surface area contributed by atoms with Gasteiger partial charge in [-0.15, -0.1) is 5.10 Å². The van der Waals surface area contributed by atoms with E-state index in [0.29, 0.717) is 23.8 Å². The summed E-state index contributed by atoms with van der Waals surface area (Å²) in [6.07, 6.45) is 2.62. The Kier molecular flexibility index (Phi) is 5.26.